The fourth-order valence-electron chi connectivity index (χ4n) is 4.38. The average molecular weight is 457 g/mol. The molecule has 33 heavy (non-hydrogen) atoms. The van der Waals surface area contributed by atoms with E-state index < -0.39 is 11.6 Å². The lowest BCUT2D eigenvalue weighted by Crippen LogP contribution is -2.54. The molecule has 1 aromatic carbocycles. The number of benzene rings is 1. The molecule has 2 aliphatic rings. The second-order valence-electron chi connectivity index (χ2n) is 9.81. The smallest absolute Gasteiger partial charge is 0.410 e. The van der Waals surface area contributed by atoms with E-state index in [9.17, 15) is 14.4 Å². The van der Waals surface area contributed by atoms with Gasteiger partial charge in [0.2, 0.25) is 5.91 Å². The summed E-state index contributed by atoms with van der Waals surface area (Å²) in [6.45, 7) is 10.8. The summed E-state index contributed by atoms with van der Waals surface area (Å²) in [5.41, 5.74) is 1.51. The molecule has 0 unspecified atom stereocenters. The van der Waals surface area contributed by atoms with Gasteiger partial charge in [0.15, 0.2) is 5.82 Å². The van der Waals surface area contributed by atoms with Gasteiger partial charge in [-0.2, -0.15) is 5.10 Å². The number of rotatable bonds is 3. The number of amides is 4. The Morgan fingerprint density at radius 3 is 2.64 bits per heavy atom. The van der Waals surface area contributed by atoms with Crippen LogP contribution in [0.25, 0.3) is 10.9 Å². The van der Waals surface area contributed by atoms with Crippen molar-refractivity contribution in [3.63, 3.8) is 0 Å². The standard InChI is InChI=1S/C23H32N6O4/c1-15-13-27(10-11-28(15)22(32)33-23(2,3)4)14-16-6-7-18-17(12-16)20(25-26(18)5)29-9-8-19(30)24-21(29)31/h6-7,12,15H,8-11,13-14H2,1-5H3,(H,24,30,31)/t15-/m0/s1. The number of hydrogen-bond acceptors (Lipinski definition) is 6. The highest BCUT2D eigenvalue weighted by atomic mass is 16.6. The lowest BCUT2D eigenvalue weighted by atomic mass is 10.1. The minimum atomic E-state index is -0.511. The molecule has 3 heterocycles. The van der Waals surface area contributed by atoms with E-state index in [-0.39, 0.29) is 24.5 Å². The third-order valence-electron chi connectivity index (χ3n) is 5.95. The first kappa shape index (κ1) is 23.0. The van der Waals surface area contributed by atoms with Gasteiger partial charge in [0.1, 0.15) is 5.60 Å². The topological polar surface area (TPSA) is 100 Å². The molecule has 10 heteroatoms. The van der Waals surface area contributed by atoms with E-state index in [2.05, 4.69) is 27.4 Å². The number of piperazine rings is 1. The number of carbonyl (C=O) groups excluding carboxylic acids is 3. The van der Waals surface area contributed by atoms with Gasteiger partial charge in [-0.1, -0.05) is 6.07 Å². The maximum Gasteiger partial charge on any atom is 0.410 e. The van der Waals surface area contributed by atoms with Gasteiger partial charge >= 0.3 is 12.1 Å². The molecule has 1 aromatic heterocycles. The van der Waals surface area contributed by atoms with Gasteiger partial charge in [-0.05, 0) is 45.4 Å². The molecule has 2 aromatic rings. The highest BCUT2D eigenvalue weighted by Crippen LogP contribution is 2.29. The van der Waals surface area contributed by atoms with Crippen LogP contribution in [0.15, 0.2) is 18.2 Å². The Morgan fingerprint density at radius 2 is 1.97 bits per heavy atom. The SMILES string of the molecule is C[C@H]1CN(Cc2ccc3c(c2)c(N2CCC(=O)NC2=O)nn3C)CCN1C(=O)OC(C)(C)C. The van der Waals surface area contributed by atoms with Crippen molar-refractivity contribution in [1.29, 1.82) is 0 Å². The maximum atomic E-state index is 12.5. The summed E-state index contributed by atoms with van der Waals surface area (Å²) < 4.78 is 7.29. The van der Waals surface area contributed by atoms with Gasteiger partial charge in [0.25, 0.3) is 0 Å². The highest BCUT2D eigenvalue weighted by molar-refractivity contribution is 6.08. The maximum absolute atomic E-state index is 12.5. The molecular weight excluding hydrogens is 424 g/mol. The zero-order valence-corrected chi connectivity index (χ0v) is 19.9. The van der Waals surface area contributed by atoms with Crippen molar-refractivity contribution in [3.8, 4) is 0 Å². The number of nitrogens with one attached hydrogen (secondary N) is 1. The van der Waals surface area contributed by atoms with Crippen LogP contribution in [-0.4, -0.2) is 75.4 Å². The first-order valence-electron chi connectivity index (χ1n) is 11.3. The van der Waals surface area contributed by atoms with Crippen molar-refractivity contribution >= 4 is 34.8 Å². The quantitative estimate of drug-likeness (QED) is 0.762. The Morgan fingerprint density at radius 1 is 1.21 bits per heavy atom. The molecule has 4 rings (SSSR count). The lowest BCUT2D eigenvalue weighted by molar-refractivity contribution is -0.120. The Hall–Kier alpha value is -3.14. The normalized spacial score (nSPS) is 20.3. The second kappa shape index (κ2) is 8.66. The fourth-order valence-corrected chi connectivity index (χ4v) is 4.38. The van der Waals surface area contributed by atoms with E-state index in [1.807, 2.05) is 40.8 Å². The number of carbonyl (C=O) groups is 3. The summed E-state index contributed by atoms with van der Waals surface area (Å²) >= 11 is 0. The van der Waals surface area contributed by atoms with Gasteiger partial charge in [-0.15, -0.1) is 0 Å². The van der Waals surface area contributed by atoms with E-state index in [4.69, 9.17) is 4.74 Å². The third-order valence-corrected chi connectivity index (χ3v) is 5.95. The summed E-state index contributed by atoms with van der Waals surface area (Å²) in [6, 6.07) is 5.74. The molecule has 1 atom stereocenters. The molecule has 2 fully saturated rings. The molecule has 4 amide bonds. The molecule has 0 spiro atoms. The summed E-state index contributed by atoms with van der Waals surface area (Å²) in [7, 11) is 1.84. The van der Waals surface area contributed by atoms with E-state index >= 15 is 0 Å². The van der Waals surface area contributed by atoms with Crippen LogP contribution in [0.4, 0.5) is 15.4 Å². The van der Waals surface area contributed by atoms with Crippen molar-refractivity contribution in [2.24, 2.45) is 7.05 Å². The van der Waals surface area contributed by atoms with Crippen LogP contribution in [-0.2, 0) is 23.1 Å². The van der Waals surface area contributed by atoms with E-state index in [0.29, 0.717) is 18.9 Å². The molecule has 178 valence electrons. The first-order valence-corrected chi connectivity index (χ1v) is 11.3. The number of urea groups is 1. The molecule has 2 aliphatic heterocycles. The van der Waals surface area contributed by atoms with Crippen LogP contribution >= 0.6 is 0 Å². The summed E-state index contributed by atoms with van der Waals surface area (Å²) in [6.07, 6.45) is -0.0158. The first-order chi connectivity index (χ1) is 15.5. The number of imide groups is 1. The zero-order valence-electron chi connectivity index (χ0n) is 19.9. The van der Waals surface area contributed by atoms with Crippen molar-refractivity contribution < 1.29 is 19.1 Å². The summed E-state index contributed by atoms with van der Waals surface area (Å²) in [4.78, 5) is 42.0. The average Bonchev–Trinajstić information content (AvgIpc) is 3.02. The Balaban J connectivity index is 1.48. The van der Waals surface area contributed by atoms with Crippen molar-refractivity contribution in [2.75, 3.05) is 31.1 Å². The molecule has 0 saturated carbocycles. The molecule has 0 bridgehead atoms. The van der Waals surface area contributed by atoms with Crippen molar-refractivity contribution in [3.05, 3.63) is 23.8 Å². The fraction of sp³-hybridized carbons (Fsp3) is 0.565. The van der Waals surface area contributed by atoms with Gasteiger partial charge < -0.3 is 9.64 Å². The van der Waals surface area contributed by atoms with E-state index in [0.717, 1.165) is 36.1 Å². The molecule has 0 radical (unpaired) electrons. The van der Waals surface area contributed by atoms with Crippen LogP contribution in [0.5, 0.6) is 0 Å². The van der Waals surface area contributed by atoms with Gasteiger partial charge in [0.05, 0.1) is 5.52 Å². The number of fused-ring (bicyclic) bond motifs is 1. The number of anilines is 1. The van der Waals surface area contributed by atoms with Gasteiger partial charge in [-0.3, -0.25) is 24.6 Å². The zero-order chi connectivity index (χ0) is 23.9. The van der Waals surface area contributed by atoms with Crippen LogP contribution < -0.4 is 10.2 Å². The van der Waals surface area contributed by atoms with Crippen LogP contribution in [0, 0.1) is 0 Å². The predicted molar refractivity (Wildman–Crippen MR) is 124 cm³/mol. The molecule has 2 saturated heterocycles. The van der Waals surface area contributed by atoms with Crippen LogP contribution in [0.1, 0.15) is 39.7 Å². The van der Waals surface area contributed by atoms with Crippen molar-refractivity contribution in [2.45, 2.75) is 52.3 Å². The van der Waals surface area contributed by atoms with Crippen LogP contribution in [0.2, 0.25) is 0 Å². The van der Waals surface area contributed by atoms with E-state index in [1.54, 1.807) is 9.58 Å². The minimum Gasteiger partial charge on any atom is -0.444 e. The van der Waals surface area contributed by atoms with Gasteiger partial charge in [0, 0.05) is 57.6 Å². The second-order valence-corrected chi connectivity index (χ2v) is 9.81. The number of aromatic nitrogens is 2. The monoisotopic (exact) mass is 456 g/mol. The molecule has 1 N–H and O–H groups in total. The van der Waals surface area contributed by atoms with Gasteiger partial charge in [-0.25, -0.2) is 9.59 Å². The number of ether oxygens (including phenoxy) is 1. The molecule has 0 aliphatic carbocycles. The lowest BCUT2D eigenvalue weighted by Gasteiger charge is -2.40. The molecular formula is C23H32N6O4. The summed E-state index contributed by atoms with van der Waals surface area (Å²) in [5, 5.41) is 7.78. The number of nitrogens with zero attached hydrogens (tertiary/aromatic N) is 5. The Bertz CT molecular complexity index is 1090. The summed E-state index contributed by atoms with van der Waals surface area (Å²) in [5.74, 6) is 0.291. The highest BCUT2D eigenvalue weighted by Gasteiger charge is 2.31. The Kier molecular flexibility index (Phi) is 6.04. The van der Waals surface area contributed by atoms with Crippen molar-refractivity contribution in [1.82, 2.24) is 24.9 Å². The largest absolute Gasteiger partial charge is 0.444 e. The van der Waals surface area contributed by atoms with Crippen LogP contribution in [0.3, 0.4) is 0 Å². The third kappa shape index (κ3) is 4.95. The Labute approximate surface area is 193 Å². The number of aryl methyl sites for hydroxylation is 1. The molecule has 10 nitrogen and oxygen atoms in total. The predicted octanol–water partition coefficient (Wildman–Crippen LogP) is 2.46. The number of hydrogen-bond donors (Lipinski definition) is 1. The minimum absolute atomic E-state index is 0.0425. The van der Waals surface area contributed by atoms with E-state index in [1.165, 1.54) is 4.90 Å².